The summed E-state index contributed by atoms with van der Waals surface area (Å²) in [6.45, 7) is 0.103. The van der Waals surface area contributed by atoms with Crippen LogP contribution in [0.2, 0.25) is 0 Å². The third-order valence-corrected chi connectivity index (χ3v) is 3.50. The Morgan fingerprint density at radius 1 is 1.40 bits per heavy atom. The van der Waals surface area contributed by atoms with Gasteiger partial charge in [0, 0.05) is 13.1 Å². The summed E-state index contributed by atoms with van der Waals surface area (Å²) in [4.78, 5) is 13.3. The van der Waals surface area contributed by atoms with E-state index in [1.165, 1.54) is 17.0 Å². The van der Waals surface area contributed by atoms with Crippen molar-refractivity contribution in [3.63, 3.8) is 0 Å². The fourth-order valence-corrected chi connectivity index (χ4v) is 2.42. The van der Waals surface area contributed by atoms with E-state index in [-0.39, 0.29) is 31.0 Å². The predicted octanol–water partition coefficient (Wildman–Crippen LogP) is 2.74. The molecule has 1 fully saturated rings. The summed E-state index contributed by atoms with van der Waals surface area (Å²) in [6.07, 6.45) is -3.78. The molecule has 110 valence electrons. The molecule has 3 nitrogen and oxygen atoms in total. The molecule has 0 radical (unpaired) electrons. The Labute approximate surface area is 115 Å². The van der Waals surface area contributed by atoms with Gasteiger partial charge in [0.15, 0.2) is 0 Å². The SMILES string of the molecule is O=C(Cc1cccc(O)c1)N1CCCC(C(F)(F)F)C1. The van der Waals surface area contributed by atoms with Crippen LogP contribution in [0.1, 0.15) is 18.4 Å². The minimum absolute atomic E-state index is 0.0129. The standard InChI is InChI=1S/C14H16F3NO2/c15-14(16,17)11-4-2-6-18(9-11)13(20)8-10-3-1-5-12(19)7-10/h1,3,5,7,11,19H,2,4,6,8-9H2. The topological polar surface area (TPSA) is 40.5 Å². The van der Waals surface area contributed by atoms with Crippen molar-refractivity contribution in [1.29, 1.82) is 0 Å². The number of rotatable bonds is 2. The van der Waals surface area contributed by atoms with Crippen molar-refractivity contribution in [2.75, 3.05) is 13.1 Å². The van der Waals surface area contributed by atoms with Crippen LogP contribution in [0.3, 0.4) is 0 Å². The quantitative estimate of drug-likeness (QED) is 0.908. The maximum Gasteiger partial charge on any atom is 0.393 e. The first kappa shape index (κ1) is 14.7. The van der Waals surface area contributed by atoms with Gasteiger partial charge in [0.25, 0.3) is 0 Å². The minimum Gasteiger partial charge on any atom is -0.508 e. The first-order chi connectivity index (χ1) is 9.36. The summed E-state index contributed by atoms with van der Waals surface area (Å²) < 4.78 is 38.1. The Kier molecular flexibility index (Phi) is 4.20. The summed E-state index contributed by atoms with van der Waals surface area (Å²) >= 11 is 0. The number of aromatic hydroxyl groups is 1. The molecule has 0 bridgehead atoms. The molecule has 1 amide bonds. The van der Waals surface area contributed by atoms with Gasteiger partial charge < -0.3 is 10.0 Å². The third-order valence-electron chi connectivity index (χ3n) is 3.50. The number of phenols is 1. The van der Waals surface area contributed by atoms with Crippen LogP contribution in [-0.4, -0.2) is 35.2 Å². The van der Waals surface area contributed by atoms with Crippen LogP contribution >= 0.6 is 0 Å². The van der Waals surface area contributed by atoms with E-state index < -0.39 is 12.1 Å². The molecule has 0 spiro atoms. The van der Waals surface area contributed by atoms with E-state index in [1.54, 1.807) is 12.1 Å². The number of carbonyl (C=O) groups is 1. The molecule has 1 atom stereocenters. The number of halogens is 3. The van der Waals surface area contributed by atoms with E-state index >= 15 is 0 Å². The van der Waals surface area contributed by atoms with Crippen molar-refractivity contribution in [2.45, 2.75) is 25.4 Å². The normalized spacial score (nSPS) is 19.9. The van der Waals surface area contributed by atoms with Gasteiger partial charge in [-0.1, -0.05) is 12.1 Å². The number of phenolic OH excluding ortho intramolecular Hbond substituents is 1. The van der Waals surface area contributed by atoms with Crippen molar-refractivity contribution >= 4 is 5.91 Å². The van der Waals surface area contributed by atoms with Gasteiger partial charge in [-0.15, -0.1) is 0 Å². The Balaban J connectivity index is 1.99. The largest absolute Gasteiger partial charge is 0.508 e. The van der Waals surface area contributed by atoms with Crippen LogP contribution in [0, 0.1) is 5.92 Å². The monoisotopic (exact) mass is 287 g/mol. The lowest BCUT2D eigenvalue weighted by Crippen LogP contribution is -2.45. The zero-order valence-corrected chi connectivity index (χ0v) is 10.9. The van der Waals surface area contributed by atoms with Crippen LogP contribution in [0.4, 0.5) is 13.2 Å². The molecule has 1 unspecified atom stereocenters. The van der Waals surface area contributed by atoms with Crippen molar-refractivity contribution in [2.24, 2.45) is 5.92 Å². The van der Waals surface area contributed by atoms with Gasteiger partial charge in [0.1, 0.15) is 5.75 Å². The van der Waals surface area contributed by atoms with Crippen molar-refractivity contribution in [3.8, 4) is 5.75 Å². The van der Waals surface area contributed by atoms with Gasteiger partial charge in [-0.3, -0.25) is 4.79 Å². The Bertz CT molecular complexity index is 488. The average Bonchev–Trinajstić information content (AvgIpc) is 2.38. The fourth-order valence-electron chi connectivity index (χ4n) is 2.42. The summed E-state index contributed by atoms with van der Waals surface area (Å²) in [6, 6.07) is 6.20. The molecule has 1 saturated heterocycles. The zero-order valence-electron chi connectivity index (χ0n) is 10.9. The highest BCUT2D eigenvalue weighted by Crippen LogP contribution is 2.33. The van der Waals surface area contributed by atoms with Crippen LogP contribution in [0.15, 0.2) is 24.3 Å². The molecule has 20 heavy (non-hydrogen) atoms. The van der Waals surface area contributed by atoms with Gasteiger partial charge in [-0.2, -0.15) is 13.2 Å². The van der Waals surface area contributed by atoms with Crippen molar-refractivity contribution in [3.05, 3.63) is 29.8 Å². The molecule has 1 heterocycles. The van der Waals surface area contributed by atoms with Gasteiger partial charge in [-0.25, -0.2) is 0 Å². The van der Waals surface area contributed by atoms with E-state index in [9.17, 15) is 23.1 Å². The first-order valence-corrected chi connectivity index (χ1v) is 6.48. The van der Waals surface area contributed by atoms with Crippen molar-refractivity contribution in [1.82, 2.24) is 4.90 Å². The minimum atomic E-state index is -4.25. The van der Waals surface area contributed by atoms with E-state index in [1.807, 2.05) is 0 Å². The third kappa shape index (κ3) is 3.65. The molecular weight excluding hydrogens is 271 g/mol. The van der Waals surface area contributed by atoms with Crippen LogP contribution in [0.5, 0.6) is 5.75 Å². The Morgan fingerprint density at radius 3 is 2.80 bits per heavy atom. The Morgan fingerprint density at radius 2 is 2.15 bits per heavy atom. The number of alkyl halides is 3. The van der Waals surface area contributed by atoms with Crippen LogP contribution < -0.4 is 0 Å². The van der Waals surface area contributed by atoms with Gasteiger partial charge in [-0.05, 0) is 30.5 Å². The van der Waals surface area contributed by atoms with Crippen molar-refractivity contribution < 1.29 is 23.1 Å². The summed E-state index contributed by atoms with van der Waals surface area (Å²) in [7, 11) is 0. The Hall–Kier alpha value is -1.72. The van der Waals surface area contributed by atoms with Crippen LogP contribution in [-0.2, 0) is 11.2 Å². The summed E-state index contributed by atoms with van der Waals surface area (Å²) in [5.41, 5.74) is 0.601. The highest BCUT2D eigenvalue weighted by Gasteiger charge is 2.42. The lowest BCUT2D eigenvalue weighted by atomic mass is 9.97. The molecule has 6 heteroatoms. The smallest absolute Gasteiger partial charge is 0.393 e. The van der Waals surface area contributed by atoms with E-state index in [0.29, 0.717) is 18.5 Å². The second-order valence-corrected chi connectivity index (χ2v) is 5.07. The maximum absolute atomic E-state index is 12.7. The lowest BCUT2D eigenvalue weighted by molar-refractivity contribution is -0.187. The molecule has 1 aromatic carbocycles. The summed E-state index contributed by atoms with van der Waals surface area (Å²) in [5.74, 6) is -1.71. The fraction of sp³-hybridized carbons (Fsp3) is 0.500. The van der Waals surface area contributed by atoms with Gasteiger partial charge >= 0.3 is 6.18 Å². The number of likely N-dealkylation sites (tertiary alicyclic amines) is 1. The molecule has 1 N–H and O–H groups in total. The number of benzene rings is 1. The first-order valence-electron chi connectivity index (χ1n) is 6.48. The molecule has 1 aliphatic heterocycles. The number of carbonyl (C=O) groups excluding carboxylic acids is 1. The molecule has 1 aliphatic rings. The van der Waals surface area contributed by atoms with E-state index in [4.69, 9.17) is 0 Å². The molecule has 0 saturated carbocycles. The molecule has 0 aliphatic carbocycles. The number of amides is 1. The van der Waals surface area contributed by atoms with Crippen LogP contribution in [0.25, 0.3) is 0 Å². The highest BCUT2D eigenvalue weighted by molar-refractivity contribution is 5.79. The predicted molar refractivity (Wildman–Crippen MR) is 67.2 cm³/mol. The number of nitrogens with zero attached hydrogens (tertiary/aromatic N) is 1. The summed E-state index contributed by atoms with van der Waals surface area (Å²) in [5, 5.41) is 9.31. The number of hydrogen-bond acceptors (Lipinski definition) is 2. The van der Waals surface area contributed by atoms with Gasteiger partial charge in [0.05, 0.1) is 12.3 Å². The number of piperidine rings is 1. The highest BCUT2D eigenvalue weighted by atomic mass is 19.4. The molecule has 1 aromatic rings. The lowest BCUT2D eigenvalue weighted by Gasteiger charge is -2.33. The average molecular weight is 287 g/mol. The number of hydrogen-bond donors (Lipinski definition) is 1. The van der Waals surface area contributed by atoms with E-state index in [0.717, 1.165) is 0 Å². The zero-order chi connectivity index (χ0) is 14.8. The van der Waals surface area contributed by atoms with Gasteiger partial charge in [0.2, 0.25) is 5.91 Å². The molecular formula is C14H16F3NO2. The molecule has 2 rings (SSSR count). The maximum atomic E-state index is 12.7. The molecule has 0 aromatic heterocycles. The second kappa shape index (κ2) is 5.73. The van der Waals surface area contributed by atoms with E-state index in [2.05, 4.69) is 0 Å². The second-order valence-electron chi connectivity index (χ2n) is 5.07.